The van der Waals surface area contributed by atoms with Crippen LogP contribution in [0, 0.1) is 6.92 Å². The van der Waals surface area contributed by atoms with Gasteiger partial charge < -0.3 is 9.32 Å². The Hall–Kier alpha value is -2.18. The lowest BCUT2D eigenvalue weighted by Crippen LogP contribution is -2.39. The number of aryl methyl sites for hydroxylation is 2. The van der Waals surface area contributed by atoms with E-state index < -0.39 is 0 Å². The summed E-state index contributed by atoms with van der Waals surface area (Å²) < 4.78 is 5.66. The minimum absolute atomic E-state index is 0.0413. The number of amides is 1. The first-order valence-electron chi connectivity index (χ1n) is 7.31. The van der Waals surface area contributed by atoms with Crippen molar-refractivity contribution < 1.29 is 9.21 Å². The maximum Gasteiger partial charge on any atom is 0.289 e. The van der Waals surface area contributed by atoms with Crippen LogP contribution in [-0.2, 0) is 6.42 Å². The average Bonchev–Trinajstić information content (AvgIpc) is 3.16. The van der Waals surface area contributed by atoms with Crippen molar-refractivity contribution in [3.63, 3.8) is 0 Å². The van der Waals surface area contributed by atoms with Gasteiger partial charge in [-0.1, -0.05) is 12.1 Å². The fraction of sp³-hybridized carbons (Fsp3) is 0.571. The van der Waals surface area contributed by atoms with Crippen molar-refractivity contribution in [2.75, 3.05) is 13.1 Å². The average molecular weight is 289 g/mol. The Bertz CT molecular complexity index is 619. The molecular formula is C14H19N5O2. The van der Waals surface area contributed by atoms with Crippen LogP contribution >= 0.6 is 0 Å². The van der Waals surface area contributed by atoms with E-state index in [4.69, 9.17) is 4.42 Å². The van der Waals surface area contributed by atoms with E-state index in [1.165, 1.54) is 0 Å². The molecule has 0 bridgehead atoms. The number of tetrazole rings is 1. The molecule has 1 aliphatic rings. The van der Waals surface area contributed by atoms with Gasteiger partial charge in [0.05, 0.1) is 0 Å². The summed E-state index contributed by atoms with van der Waals surface area (Å²) in [5.41, 5.74) is 0.901. The fourth-order valence-electron chi connectivity index (χ4n) is 2.79. The summed E-state index contributed by atoms with van der Waals surface area (Å²) in [5, 5.41) is 14.1. The van der Waals surface area contributed by atoms with E-state index in [9.17, 15) is 4.79 Å². The minimum Gasteiger partial charge on any atom is -0.456 e. The molecule has 0 aliphatic carbocycles. The molecule has 1 aliphatic heterocycles. The number of furan rings is 1. The van der Waals surface area contributed by atoms with E-state index in [1.807, 2.05) is 24.8 Å². The van der Waals surface area contributed by atoms with Crippen molar-refractivity contribution in [3.05, 3.63) is 29.0 Å². The Labute approximate surface area is 122 Å². The highest BCUT2D eigenvalue weighted by Crippen LogP contribution is 2.26. The van der Waals surface area contributed by atoms with Gasteiger partial charge in [0.15, 0.2) is 11.6 Å². The maximum atomic E-state index is 12.6. The molecule has 3 rings (SSSR count). The number of rotatable bonds is 3. The van der Waals surface area contributed by atoms with Crippen LogP contribution in [0.4, 0.5) is 0 Å². The molecule has 1 N–H and O–H groups in total. The zero-order chi connectivity index (χ0) is 14.8. The second-order valence-electron chi connectivity index (χ2n) is 5.44. The molecule has 1 atom stereocenters. The first-order valence-corrected chi connectivity index (χ1v) is 7.31. The van der Waals surface area contributed by atoms with Crippen LogP contribution in [-0.4, -0.2) is 44.5 Å². The van der Waals surface area contributed by atoms with E-state index in [1.54, 1.807) is 0 Å². The number of carbonyl (C=O) groups is 1. The van der Waals surface area contributed by atoms with Gasteiger partial charge >= 0.3 is 0 Å². The highest BCUT2D eigenvalue weighted by molar-refractivity contribution is 5.93. The second-order valence-corrected chi connectivity index (χ2v) is 5.44. The van der Waals surface area contributed by atoms with Gasteiger partial charge in [-0.15, -0.1) is 10.2 Å². The van der Waals surface area contributed by atoms with Crippen LogP contribution < -0.4 is 0 Å². The van der Waals surface area contributed by atoms with Crippen LogP contribution in [0.5, 0.6) is 0 Å². The third-order valence-electron chi connectivity index (χ3n) is 3.95. The van der Waals surface area contributed by atoms with Gasteiger partial charge in [-0.25, -0.2) is 0 Å². The molecule has 112 valence electrons. The lowest BCUT2D eigenvalue weighted by atomic mass is 9.97. The van der Waals surface area contributed by atoms with Crippen molar-refractivity contribution in [1.82, 2.24) is 25.5 Å². The van der Waals surface area contributed by atoms with Crippen molar-refractivity contribution in [3.8, 4) is 0 Å². The Balaban J connectivity index is 1.76. The van der Waals surface area contributed by atoms with E-state index in [0.717, 1.165) is 37.1 Å². The summed E-state index contributed by atoms with van der Waals surface area (Å²) in [6.07, 6.45) is 2.70. The molecule has 7 heteroatoms. The monoisotopic (exact) mass is 289 g/mol. The molecule has 21 heavy (non-hydrogen) atoms. The molecule has 1 saturated heterocycles. The number of aromatic nitrogens is 4. The lowest BCUT2D eigenvalue weighted by Gasteiger charge is -2.30. The Kier molecular flexibility index (Phi) is 3.72. The third kappa shape index (κ3) is 2.68. The number of hydrogen-bond donors (Lipinski definition) is 1. The van der Waals surface area contributed by atoms with Gasteiger partial charge in [0.2, 0.25) is 0 Å². The molecule has 0 aromatic carbocycles. The third-order valence-corrected chi connectivity index (χ3v) is 3.95. The highest BCUT2D eigenvalue weighted by atomic mass is 16.4. The standard InChI is InChI=1S/C14H19N5O2/c1-3-11-7-9(2)12(21-11)14(20)19-6-4-5-10(8-19)13-15-17-18-16-13/h7,10H,3-6,8H2,1-2H3,(H,15,16,17,18). The van der Waals surface area contributed by atoms with Crippen LogP contribution in [0.2, 0.25) is 0 Å². The number of hydrogen-bond acceptors (Lipinski definition) is 5. The van der Waals surface area contributed by atoms with Crippen molar-refractivity contribution >= 4 is 5.91 Å². The summed E-state index contributed by atoms with van der Waals surface area (Å²) in [6.45, 7) is 5.28. The predicted octanol–water partition coefficient (Wildman–Crippen LogP) is 1.68. The predicted molar refractivity (Wildman–Crippen MR) is 74.9 cm³/mol. The normalized spacial score (nSPS) is 19.0. The molecule has 1 amide bonds. The summed E-state index contributed by atoms with van der Waals surface area (Å²) in [6, 6.07) is 1.94. The lowest BCUT2D eigenvalue weighted by molar-refractivity contribution is 0.0669. The van der Waals surface area contributed by atoms with Gasteiger partial charge in [-0.05, 0) is 25.8 Å². The number of carbonyl (C=O) groups excluding carboxylic acids is 1. The van der Waals surface area contributed by atoms with Gasteiger partial charge in [0, 0.05) is 31.0 Å². The smallest absolute Gasteiger partial charge is 0.289 e. The van der Waals surface area contributed by atoms with Crippen molar-refractivity contribution in [1.29, 1.82) is 0 Å². The molecule has 1 fully saturated rings. The molecule has 3 heterocycles. The summed E-state index contributed by atoms with van der Waals surface area (Å²) in [4.78, 5) is 14.5. The molecular weight excluding hydrogens is 270 g/mol. The number of likely N-dealkylation sites (tertiary alicyclic amines) is 1. The molecule has 0 radical (unpaired) electrons. The SMILES string of the molecule is CCc1cc(C)c(C(=O)N2CCCC(c3nn[nH]n3)C2)o1. The quantitative estimate of drug-likeness (QED) is 0.928. The van der Waals surface area contributed by atoms with Crippen LogP contribution in [0.15, 0.2) is 10.5 Å². The second kappa shape index (κ2) is 5.67. The maximum absolute atomic E-state index is 12.6. The van der Waals surface area contributed by atoms with E-state index in [-0.39, 0.29) is 11.8 Å². The van der Waals surface area contributed by atoms with Gasteiger partial charge in [-0.2, -0.15) is 5.21 Å². The Morgan fingerprint density at radius 3 is 3.10 bits per heavy atom. The fourth-order valence-corrected chi connectivity index (χ4v) is 2.79. The summed E-state index contributed by atoms with van der Waals surface area (Å²) in [5.74, 6) is 2.09. The largest absolute Gasteiger partial charge is 0.456 e. The van der Waals surface area contributed by atoms with Gasteiger partial charge in [0.25, 0.3) is 5.91 Å². The zero-order valence-corrected chi connectivity index (χ0v) is 12.3. The van der Waals surface area contributed by atoms with Crippen LogP contribution in [0.25, 0.3) is 0 Å². The molecule has 2 aromatic heterocycles. The summed E-state index contributed by atoms with van der Waals surface area (Å²) >= 11 is 0. The van der Waals surface area contributed by atoms with E-state index in [0.29, 0.717) is 18.1 Å². The zero-order valence-electron chi connectivity index (χ0n) is 12.3. The molecule has 7 nitrogen and oxygen atoms in total. The number of nitrogens with one attached hydrogen (secondary N) is 1. The van der Waals surface area contributed by atoms with E-state index in [2.05, 4.69) is 20.6 Å². The highest BCUT2D eigenvalue weighted by Gasteiger charge is 2.30. The number of nitrogens with zero attached hydrogens (tertiary/aromatic N) is 4. The number of aromatic amines is 1. The first kappa shape index (κ1) is 13.8. The Morgan fingerprint density at radius 2 is 2.43 bits per heavy atom. The topological polar surface area (TPSA) is 87.9 Å². The summed E-state index contributed by atoms with van der Waals surface area (Å²) in [7, 11) is 0. The van der Waals surface area contributed by atoms with Gasteiger partial charge in [0.1, 0.15) is 5.76 Å². The van der Waals surface area contributed by atoms with Gasteiger partial charge in [-0.3, -0.25) is 4.79 Å². The number of H-pyrrole nitrogens is 1. The number of piperidine rings is 1. The molecule has 2 aromatic rings. The molecule has 1 unspecified atom stereocenters. The first-order chi connectivity index (χ1) is 10.2. The minimum atomic E-state index is -0.0413. The van der Waals surface area contributed by atoms with Crippen LogP contribution in [0.1, 0.15) is 53.4 Å². The Morgan fingerprint density at radius 1 is 1.57 bits per heavy atom. The van der Waals surface area contributed by atoms with E-state index >= 15 is 0 Å². The van der Waals surface area contributed by atoms with Crippen LogP contribution in [0.3, 0.4) is 0 Å². The van der Waals surface area contributed by atoms with Crippen molar-refractivity contribution in [2.24, 2.45) is 0 Å². The molecule has 0 spiro atoms. The molecule has 0 saturated carbocycles. The van der Waals surface area contributed by atoms with Crippen molar-refractivity contribution in [2.45, 2.75) is 39.0 Å².